The summed E-state index contributed by atoms with van der Waals surface area (Å²) >= 11 is 0. The predicted octanol–water partition coefficient (Wildman–Crippen LogP) is 2.07. The quantitative estimate of drug-likeness (QED) is 0.771. The highest BCUT2D eigenvalue weighted by Gasteiger charge is 2.13. The number of hydrogen-bond acceptors (Lipinski definition) is 4. The predicted molar refractivity (Wildman–Crippen MR) is 81.4 cm³/mol. The average molecular weight is 277 g/mol. The number of methoxy groups -OCH3 is 1. The van der Waals surface area contributed by atoms with Crippen LogP contribution in [0.5, 0.6) is 5.75 Å². The number of nitrogens with one attached hydrogen (secondary N) is 3. The molecule has 1 aromatic carbocycles. The van der Waals surface area contributed by atoms with Crippen LogP contribution in [-0.4, -0.2) is 32.7 Å². The van der Waals surface area contributed by atoms with E-state index in [4.69, 9.17) is 4.74 Å². The van der Waals surface area contributed by atoms with Crippen LogP contribution in [-0.2, 0) is 4.79 Å². The minimum atomic E-state index is -0.0717. The van der Waals surface area contributed by atoms with Crippen LogP contribution < -0.4 is 20.7 Å². The number of piperidine rings is 1. The van der Waals surface area contributed by atoms with E-state index in [-0.39, 0.29) is 5.91 Å². The Morgan fingerprint density at radius 1 is 1.50 bits per heavy atom. The van der Waals surface area contributed by atoms with Crippen molar-refractivity contribution in [2.45, 2.75) is 19.8 Å². The van der Waals surface area contributed by atoms with Gasteiger partial charge >= 0.3 is 0 Å². The van der Waals surface area contributed by atoms with E-state index in [1.165, 1.54) is 19.8 Å². The molecule has 1 amide bonds. The average Bonchev–Trinajstić information content (AvgIpc) is 2.46. The summed E-state index contributed by atoms with van der Waals surface area (Å²) in [5.41, 5.74) is 1.70. The lowest BCUT2D eigenvalue weighted by molar-refractivity contribution is -0.114. The molecule has 0 aliphatic carbocycles. The standard InChI is InChI=1S/C15H23N3O2/c1-11(19)18-13-5-6-15(20-2)14(8-13)17-10-12-4-3-7-16-9-12/h5-6,8,12,16-17H,3-4,7,9-10H2,1-2H3,(H,18,19). The van der Waals surface area contributed by atoms with Crippen LogP contribution >= 0.6 is 0 Å². The molecular weight excluding hydrogens is 254 g/mol. The number of carbonyl (C=O) groups is 1. The van der Waals surface area contributed by atoms with Gasteiger partial charge in [0, 0.05) is 19.2 Å². The van der Waals surface area contributed by atoms with Crippen molar-refractivity contribution in [2.24, 2.45) is 5.92 Å². The van der Waals surface area contributed by atoms with Crippen LogP contribution in [0.2, 0.25) is 0 Å². The van der Waals surface area contributed by atoms with Crippen LogP contribution in [0.25, 0.3) is 0 Å². The van der Waals surface area contributed by atoms with Crippen LogP contribution in [0.3, 0.4) is 0 Å². The second kappa shape index (κ2) is 7.14. The zero-order chi connectivity index (χ0) is 14.4. The zero-order valence-corrected chi connectivity index (χ0v) is 12.2. The zero-order valence-electron chi connectivity index (χ0n) is 12.2. The number of benzene rings is 1. The summed E-state index contributed by atoms with van der Waals surface area (Å²) in [5.74, 6) is 1.36. The van der Waals surface area contributed by atoms with Crippen LogP contribution in [0, 0.1) is 5.92 Å². The van der Waals surface area contributed by atoms with Gasteiger partial charge in [-0.1, -0.05) is 0 Å². The maximum absolute atomic E-state index is 11.1. The Morgan fingerprint density at radius 3 is 3.00 bits per heavy atom. The Labute approximate surface area is 120 Å². The second-order valence-corrected chi connectivity index (χ2v) is 5.19. The number of ether oxygens (including phenoxy) is 1. The molecule has 1 unspecified atom stereocenters. The van der Waals surface area contributed by atoms with Crippen molar-refractivity contribution in [3.63, 3.8) is 0 Å². The Hall–Kier alpha value is -1.75. The van der Waals surface area contributed by atoms with E-state index in [0.29, 0.717) is 5.92 Å². The van der Waals surface area contributed by atoms with Gasteiger partial charge in [-0.25, -0.2) is 0 Å². The molecule has 1 heterocycles. The van der Waals surface area contributed by atoms with E-state index in [2.05, 4.69) is 16.0 Å². The first-order valence-electron chi connectivity index (χ1n) is 7.09. The first kappa shape index (κ1) is 14.7. The minimum absolute atomic E-state index is 0.0717. The van der Waals surface area contributed by atoms with Gasteiger partial charge in [0.1, 0.15) is 5.75 Å². The van der Waals surface area contributed by atoms with Crippen molar-refractivity contribution < 1.29 is 9.53 Å². The number of anilines is 2. The Bertz CT molecular complexity index is 456. The molecule has 5 nitrogen and oxygen atoms in total. The first-order valence-corrected chi connectivity index (χ1v) is 7.09. The summed E-state index contributed by atoms with van der Waals surface area (Å²) in [6.45, 7) is 4.59. The largest absolute Gasteiger partial charge is 0.495 e. The van der Waals surface area contributed by atoms with Crippen LogP contribution in [0.15, 0.2) is 18.2 Å². The van der Waals surface area contributed by atoms with Gasteiger partial charge in [-0.3, -0.25) is 4.79 Å². The van der Waals surface area contributed by atoms with Gasteiger partial charge in [0.15, 0.2) is 0 Å². The fraction of sp³-hybridized carbons (Fsp3) is 0.533. The minimum Gasteiger partial charge on any atom is -0.495 e. The van der Waals surface area contributed by atoms with Crippen molar-refractivity contribution in [3.8, 4) is 5.75 Å². The molecule has 0 spiro atoms. The molecule has 0 radical (unpaired) electrons. The van der Waals surface area contributed by atoms with Crippen molar-refractivity contribution in [2.75, 3.05) is 37.4 Å². The fourth-order valence-corrected chi connectivity index (χ4v) is 2.48. The van der Waals surface area contributed by atoms with Gasteiger partial charge in [-0.05, 0) is 50.0 Å². The molecule has 3 N–H and O–H groups in total. The molecule has 1 aliphatic rings. The van der Waals surface area contributed by atoms with Crippen LogP contribution in [0.4, 0.5) is 11.4 Å². The molecule has 1 aliphatic heterocycles. The Kier molecular flexibility index (Phi) is 5.24. The molecule has 110 valence electrons. The second-order valence-electron chi connectivity index (χ2n) is 5.19. The number of amides is 1. The molecule has 0 saturated carbocycles. The number of rotatable bonds is 5. The molecule has 1 saturated heterocycles. The van der Waals surface area contributed by atoms with E-state index >= 15 is 0 Å². The van der Waals surface area contributed by atoms with Gasteiger partial charge in [0.05, 0.1) is 12.8 Å². The summed E-state index contributed by atoms with van der Waals surface area (Å²) in [6.07, 6.45) is 2.48. The molecule has 0 aromatic heterocycles. The van der Waals surface area contributed by atoms with Crippen molar-refractivity contribution in [3.05, 3.63) is 18.2 Å². The van der Waals surface area contributed by atoms with E-state index in [9.17, 15) is 4.79 Å². The molecule has 5 heteroatoms. The van der Waals surface area contributed by atoms with Gasteiger partial charge < -0.3 is 20.7 Å². The van der Waals surface area contributed by atoms with E-state index in [1.54, 1.807) is 7.11 Å². The van der Waals surface area contributed by atoms with Gasteiger partial charge in [-0.2, -0.15) is 0 Å². The maximum Gasteiger partial charge on any atom is 0.221 e. The van der Waals surface area contributed by atoms with E-state index < -0.39 is 0 Å². The molecule has 1 aromatic rings. The lowest BCUT2D eigenvalue weighted by Crippen LogP contribution is -2.33. The van der Waals surface area contributed by atoms with Gasteiger partial charge in [-0.15, -0.1) is 0 Å². The fourth-order valence-electron chi connectivity index (χ4n) is 2.48. The lowest BCUT2D eigenvalue weighted by Gasteiger charge is -2.24. The summed E-state index contributed by atoms with van der Waals surface area (Å²) in [7, 11) is 1.65. The topological polar surface area (TPSA) is 62.4 Å². The van der Waals surface area contributed by atoms with Crippen molar-refractivity contribution in [1.82, 2.24) is 5.32 Å². The molecule has 1 fully saturated rings. The highest BCUT2D eigenvalue weighted by molar-refractivity contribution is 5.89. The summed E-state index contributed by atoms with van der Waals surface area (Å²) in [6, 6.07) is 5.62. The third-order valence-corrected chi connectivity index (χ3v) is 3.50. The van der Waals surface area contributed by atoms with E-state index in [1.807, 2.05) is 18.2 Å². The monoisotopic (exact) mass is 277 g/mol. The molecule has 20 heavy (non-hydrogen) atoms. The third-order valence-electron chi connectivity index (χ3n) is 3.50. The lowest BCUT2D eigenvalue weighted by atomic mass is 9.99. The molecule has 2 rings (SSSR count). The molecule has 0 bridgehead atoms. The highest BCUT2D eigenvalue weighted by Crippen LogP contribution is 2.28. The normalized spacial score (nSPS) is 18.4. The number of hydrogen-bond donors (Lipinski definition) is 3. The van der Waals surface area contributed by atoms with Crippen molar-refractivity contribution >= 4 is 17.3 Å². The third kappa shape index (κ3) is 4.13. The molecular formula is C15H23N3O2. The molecule has 1 atom stereocenters. The maximum atomic E-state index is 11.1. The SMILES string of the molecule is COc1ccc(NC(C)=O)cc1NCC1CCCNC1. The smallest absolute Gasteiger partial charge is 0.221 e. The summed E-state index contributed by atoms with van der Waals surface area (Å²) in [4.78, 5) is 11.1. The first-order chi connectivity index (χ1) is 9.69. The van der Waals surface area contributed by atoms with E-state index in [0.717, 1.165) is 36.8 Å². The Morgan fingerprint density at radius 2 is 2.35 bits per heavy atom. The highest BCUT2D eigenvalue weighted by atomic mass is 16.5. The van der Waals surface area contributed by atoms with Crippen LogP contribution in [0.1, 0.15) is 19.8 Å². The van der Waals surface area contributed by atoms with Crippen molar-refractivity contribution in [1.29, 1.82) is 0 Å². The summed E-state index contributed by atoms with van der Waals surface area (Å²) < 4.78 is 5.35. The number of carbonyl (C=O) groups excluding carboxylic acids is 1. The Balaban J connectivity index is 2.01. The summed E-state index contributed by atoms with van der Waals surface area (Å²) in [5, 5.41) is 9.63. The van der Waals surface area contributed by atoms with Gasteiger partial charge in [0.2, 0.25) is 5.91 Å². The van der Waals surface area contributed by atoms with Gasteiger partial charge in [0.25, 0.3) is 0 Å².